The second-order valence-electron chi connectivity index (χ2n) is 5.79. The molecule has 1 fully saturated rings. The topological polar surface area (TPSA) is 41.5 Å². The molecule has 130 valence electrons. The molecule has 3 rings (SSSR count). The molecule has 0 aromatic heterocycles. The molecule has 3 nitrogen and oxygen atoms in total. The Hall–Kier alpha value is -2.70. The van der Waals surface area contributed by atoms with Crippen LogP contribution in [0.15, 0.2) is 53.6 Å². The van der Waals surface area contributed by atoms with E-state index in [1.165, 1.54) is 24.3 Å². The largest absolute Gasteiger partial charge is 0.417 e. The molecule has 1 N–H and O–H groups in total. The van der Waals surface area contributed by atoms with Crippen LogP contribution in [0, 0.1) is 11.7 Å². The number of carbonyl (C=O) groups excluding carboxylic acids is 1. The van der Waals surface area contributed by atoms with Crippen molar-refractivity contribution in [1.29, 1.82) is 0 Å². The maximum atomic E-state index is 13.7. The van der Waals surface area contributed by atoms with Gasteiger partial charge < -0.3 is 0 Å². The van der Waals surface area contributed by atoms with Gasteiger partial charge in [-0.1, -0.05) is 36.4 Å². The van der Waals surface area contributed by atoms with Crippen molar-refractivity contribution in [2.24, 2.45) is 11.0 Å². The quantitative estimate of drug-likeness (QED) is 0.503. The van der Waals surface area contributed by atoms with E-state index in [1.54, 1.807) is 18.2 Å². The van der Waals surface area contributed by atoms with Crippen LogP contribution in [-0.4, -0.2) is 12.1 Å². The Morgan fingerprint density at radius 1 is 1.12 bits per heavy atom. The smallest absolute Gasteiger partial charge is 0.273 e. The van der Waals surface area contributed by atoms with Gasteiger partial charge >= 0.3 is 6.18 Å². The van der Waals surface area contributed by atoms with Crippen LogP contribution >= 0.6 is 0 Å². The standard InChI is InChI=1S/C18H14F4N2O/c19-16-8-4-2-6-12(16)13-9-14(13)17(25)24-23-10-11-5-1-3-7-15(11)18(20,21)22/h1-8,10,13-14H,9H2,(H,24,25)/b23-10+. The lowest BCUT2D eigenvalue weighted by atomic mass is 10.1. The summed E-state index contributed by atoms with van der Waals surface area (Å²) in [5, 5.41) is 3.61. The molecular formula is C18H14F4N2O. The lowest BCUT2D eigenvalue weighted by Crippen LogP contribution is -2.20. The molecule has 1 aliphatic rings. The number of hydrazone groups is 1. The van der Waals surface area contributed by atoms with E-state index in [0.717, 1.165) is 12.3 Å². The number of nitrogens with zero attached hydrogens (tertiary/aromatic N) is 1. The maximum absolute atomic E-state index is 13.7. The number of rotatable bonds is 4. The van der Waals surface area contributed by atoms with Gasteiger partial charge in [0, 0.05) is 11.5 Å². The number of halogens is 4. The molecule has 2 atom stereocenters. The second-order valence-corrected chi connectivity index (χ2v) is 5.79. The fourth-order valence-electron chi connectivity index (χ4n) is 2.72. The van der Waals surface area contributed by atoms with Gasteiger partial charge in [-0.15, -0.1) is 0 Å². The summed E-state index contributed by atoms with van der Waals surface area (Å²) in [5.41, 5.74) is 1.73. The van der Waals surface area contributed by atoms with Crippen LogP contribution in [0.25, 0.3) is 0 Å². The zero-order valence-corrected chi connectivity index (χ0v) is 12.9. The predicted octanol–water partition coefficient (Wildman–Crippen LogP) is 4.10. The summed E-state index contributed by atoms with van der Waals surface area (Å²) >= 11 is 0. The summed E-state index contributed by atoms with van der Waals surface area (Å²) in [6.45, 7) is 0. The lowest BCUT2D eigenvalue weighted by molar-refractivity contribution is -0.137. The number of hydrogen-bond donors (Lipinski definition) is 1. The first-order valence-electron chi connectivity index (χ1n) is 7.61. The van der Waals surface area contributed by atoms with Gasteiger partial charge in [0.15, 0.2) is 0 Å². The van der Waals surface area contributed by atoms with E-state index in [0.29, 0.717) is 12.0 Å². The van der Waals surface area contributed by atoms with Crippen LogP contribution in [0.3, 0.4) is 0 Å². The van der Waals surface area contributed by atoms with E-state index in [9.17, 15) is 22.4 Å². The molecule has 25 heavy (non-hydrogen) atoms. The minimum atomic E-state index is -4.50. The first-order valence-corrected chi connectivity index (χ1v) is 7.61. The van der Waals surface area contributed by atoms with Crippen LogP contribution in [0.5, 0.6) is 0 Å². The zero-order chi connectivity index (χ0) is 18.0. The Kier molecular flexibility index (Phi) is 4.57. The van der Waals surface area contributed by atoms with Crippen molar-refractivity contribution in [3.8, 4) is 0 Å². The maximum Gasteiger partial charge on any atom is 0.417 e. The highest BCUT2D eigenvalue weighted by Gasteiger charge is 2.45. The van der Waals surface area contributed by atoms with Gasteiger partial charge in [0.05, 0.1) is 11.8 Å². The minimum absolute atomic E-state index is 0.142. The number of hydrogen-bond acceptors (Lipinski definition) is 2. The van der Waals surface area contributed by atoms with Crippen LogP contribution in [-0.2, 0) is 11.0 Å². The van der Waals surface area contributed by atoms with E-state index in [1.807, 2.05) is 0 Å². The second kappa shape index (κ2) is 6.66. The van der Waals surface area contributed by atoms with Gasteiger partial charge in [-0.2, -0.15) is 18.3 Å². The average molecular weight is 350 g/mol. The van der Waals surface area contributed by atoms with Crippen molar-refractivity contribution in [3.05, 3.63) is 71.0 Å². The number of carbonyl (C=O) groups is 1. The monoisotopic (exact) mass is 350 g/mol. The Labute approximate surface area is 141 Å². The molecule has 2 aromatic rings. The van der Waals surface area contributed by atoms with Crippen LogP contribution < -0.4 is 5.43 Å². The zero-order valence-electron chi connectivity index (χ0n) is 12.9. The summed E-state index contributed by atoms with van der Waals surface area (Å²) in [4.78, 5) is 12.0. The molecule has 1 aliphatic carbocycles. The highest BCUT2D eigenvalue weighted by atomic mass is 19.4. The van der Waals surface area contributed by atoms with E-state index in [4.69, 9.17) is 0 Å². The van der Waals surface area contributed by atoms with Gasteiger partial charge in [-0.05, 0) is 30.0 Å². The van der Waals surface area contributed by atoms with Gasteiger partial charge in [-0.3, -0.25) is 4.79 Å². The molecule has 0 heterocycles. The molecule has 0 saturated heterocycles. The summed E-state index contributed by atoms with van der Waals surface area (Å²) in [7, 11) is 0. The van der Waals surface area contributed by atoms with Gasteiger partial charge in [0.1, 0.15) is 5.82 Å². The Bertz CT molecular complexity index is 817. The molecule has 2 aromatic carbocycles. The highest BCUT2D eigenvalue weighted by Crippen LogP contribution is 2.48. The molecule has 0 spiro atoms. The van der Waals surface area contributed by atoms with Crippen molar-refractivity contribution in [1.82, 2.24) is 5.43 Å². The van der Waals surface area contributed by atoms with Gasteiger partial charge in [0.2, 0.25) is 5.91 Å². The molecule has 2 unspecified atom stereocenters. The molecule has 7 heteroatoms. The fraction of sp³-hybridized carbons (Fsp3) is 0.222. The van der Waals surface area contributed by atoms with Crippen molar-refractivity contribution in [3.63, 3.8) is 0 Å². The first-order chi connectivity index (χ1) is 11.9. The Morgan fingerprint density at radius 2 is 1.80 bits per heavy atom. The highest BCUT2D eigenvalue weighted by molar-refractivity contribution is 5.86. The van der Waals surface area contributed by atoms with E-state index in [-0.39, 0.29) is 17.3 Å². The van der Waals surface area contributed by atoms with Crippen molar-refractivity contribution in [2.45, 2.75) is 18.5 Å². The van der Waals surface area contributed by atoms with Crippen molar-refractivity contribution >= 4 is 12.1 Å². The fourth-order valence-corrected chi connectivity index (χ4v) is 2.72. The van der Waals surface area contributed by atoms with Crippen LogP contribution in [0.1, 0.15) is 29.0 Å². The summed E-state index contributed by atoms with van der Waals surface area (Å²) < 4.78 is 52.3. The van der Waals surface area contributed by atoms with Crippen molar-refractivity contribution < 1.29 is 22.4 Å². The van der Waals surface area contributed by atoms with E-state index < -0.39 is 23.6 Å². The number of benzene rings is 2. The predicted molar refractivity (Wildman–Crippen MR) is 84.4 cm³/mol. The summed E-state index contributed by atoms with van der Waals surface area (Å²) in [5.74, 6) is -1.45. The van der Waals surface area contributed by atoms with E-state index >= 15 is 0 Å². The SMILES string of the molecule is O=C(N/N=C/c1ccccc1C(F)(F)F)C1CC1c1ccccc1F. The Morgan fingerprint density at radius 3 is 2.52 bits per heavy atom. The molecule has 1 saturated carbocycles. The lowest BCUT2D eigenvalue weighted by Gasteiger charge is -2.09. The summed E-state index contributed by atoms with van der Waals surface area (Å²) in [6.07, 6.45) is -3.05. The molecular weight excluding hydrogens is 336 g/mol. The normalized spacial score (nSPS) is 19.8. The van der Waals surface area contributed by atoms with Crippen LogP contribution in [0.2, 0.25) is 0 Å². The number of alkyl halides is 3. The number of nitrogens with one attached hydrogen (secondary N) is 1. The van der Waals surface area contributed by atoms with E-state index in [2.05, 4.69) is 10.5 Å². The van der Waals surface area contributed by atoms with Crippen molar-refractivity contribution in [2.75, 3.05) is 0 Å². The molecule has 0 radical (unpaired) electrons. The summed E-state index contributed by atoms with van der Waals surface area (Å²) in [6, 6.07) is 11.1. The average Bonchev–Trinajstić information content (AvgIpc) is 3.35. The third-order valence-corrected chi connectivity index (χ3v) is 4.08. The molecule has 0 aliphatic heterocycles. The Balaban J connectivity index is 1.63. The number of amides is 1. The third-order valence-electron chi connectivity index (χ3n) is 4.08. The first kappa shape index (κ1) is 17.1. The van der Waals surface area contributed by atoms with Gasteiger partial charge in [0.25, 0.3) is 0 Å². The third kappa shape index (κ3) is 3.87. The molecule has 1 amide bonds. The minimum Gasteiger partial charge on any atom is -0.273 e. The molecule has 0 bridgehead atoms. The van der Waals surface area contributed by atoms with Crippen LogP contribution in [0.4, 0.5) is 17.6 Å². The van der Waals surface area contributed by atoms with Gasteiger partial charge in [-0.25, -0.2) is 9.82 Å².